The second-order valence-electron chi connectivity index (χ2n) is 3.48. The second-order valence-corrected chi connectivity index (χ2v) is 4.18. The summed E-state index contributed by atoms with van der Waals surface area (Å²) in [4.78, 5) is 7.80. The molecule has 0 aliphatic carbocycles. The molecule has 0 spiro atoms. The van der Waals surface area contributed by atoms with Crippen LogP contribution in [0.15, 0.2) is 24.5 Å². The largest absolute Gasteiger partial charge is 0.475 e. The van der Waals surface area contributed by atoms with Gasteiger partial charge in [-0.05, 0) is 42.1 Å². The number of hydrogen-bond acceptors (Lipinski definition) is 5. The highest BCUT2D eigenvalue weighted by Gasteiger charge is 2.06. The zero-order valence-electron chi connectivity index (χ0n) is 9.38. The SMILES string of the molecule is Clc1nnc(Cl)c(OCCCc2ccncc2)n1. The van der Waals surface area contributed by atoms with E-state index in [1.54, 1.807) is 12.4 Å². The van der Waals surface area contributed by atoms with Crippen LogP contribution in [0.4, 0.5) is 0 Å². The van der Waals surface area contributed by atoms with Crippen LogP contribution in [0.2, 0.25) is 10.4 Å². The van der Waals surface area contributed by atoms with Gasteiger partial charge in [-0.1, -0.05) is 11.6 Å². The number of hydrogen-bond donors (Lipinski definition) is 0. The molecule has 0 amide bonds. The molecular weight excluding hydrogens is 275 g/mol. The van der Waals surface area contributed by atoms with Gasteiger partial charge in [0.05, 0.1) is 6.61 Å². The lowest BCUT2D eigenvalue weighted by atomic mass is 10.1. The Morgan fingerprint density at radius 3 is 2.67 bits per heavy atom. The van der Waals surface area contributed by atoms with E-state index in [1.165, 1.54) is 5.56 Å². The molecule has 2 rings (SSSR count). The molecule has 0 fully saturated rings. The number of rotatable bonds is 5. The van der Waals surface area contributed by atoms with Crippen LogP contribution in [-0.4, -0.2) is 26.8 Å². The van der Waals surface area contributed by atoms with Crippen LogP contribution in [0.5, 0.6) is 5.88 Å². The van der Waals surface area contributed by atoms with Crippen LogP contribution in [0.25, 0.3) is 0 Å². The van der Waals surface area contributed by atoms with E-state index < -0.39 is 0 Å². The Morgan fingerprint density at radius 1 is 1.11 bits per heavy atom. The van der Waals surface area contributed by atoms with Crippen molar-refractivity contribution in [2.24, 2.45) is 0 Å². The second kappa shape index (κ2) is 6.47. The fraction of sp³-hybridized carbons (Fsp3) is 0.273. The Bertz CT molecular complexity index is 510. The summed E-state index contributed by atoms with van der Waals surface area (Å²) in [6, 6.07) is 3.94. The lowest BCUT2D eigenvalue weighted by Gasteiger charge is -2.05. The van der Waals surface area contributed by atoms with Gasteiger partial charge in [0.15, 0.2) is 0 Å². The Morgan fingerprint density at radius 2 is 1.89 bits per heavy atom. The van der Waals surface area contributed by atoms with Gasteiger partial charge < -0.3 is 4.74 Å². The molecule has 7 heteroatoms. The van der Waals surface area contributed by atoms with E-state index in [1.807, 2.05) is 12.1 Å². The van der Waals surface area contributed by atoms with E-state index in [2.05, 4.69) is 20.2 Å². The predicted octanol–water partition coefficient (Wildman–Crippen LogP) is 2.58. The van der Waals surface area contributed by atoms with Gasteiger partial charge in [-0.15, -0.1) is 10.2 Å². The molecule has 0 radical (unpaired) electrons. The molecule has 18 heavy (non-hydrogen) atoms. The van der Waals surface area contributed by atoms with Crippen molar-refractivity contribution in [2.45, 2.75) is 12.8 Å². The molecule has 2 aromatic rings. The molecular formula is C11H10Cl2N4O. The van der Waals surface area contributed by atoms with E-state index >= 15 is 0 Å². The summed E-state index contributed by atoms with van der Waals surface area (Å²) in [6.07, 6.45) is 5.26. The van der Waals surface area contributed by atoms with Gasteiger partial charge in [-0.25, -0.2) is 0 Å². The zero-order chi connectivity index (χ0) is 12.8. The minimum absolute atomic E-state index is 0.0172. The van der Waals surface area contributed by atoms with Gasteiger partial charge in [0.2, 0.25) is 10.4 Å². The summed E-state index contributed by atoms with van der Waals surface area (Å²) >= 11 is 11.4. The Balaban J connectivity index is 1.80. The highest BCUT2D eigenvalue weighted by molar-refractivity contribution is 6.31. The number of nitrogens with zero attached hydrogens (tertiary/aromatic N) is 4. The van der Waals surface area contributed by atoms with Gasteiger partial charge in [-0.2, -0.15) is 4.98 Å². The van der Waals surface area contributed by atoms with Crippen LogP contribution >= 0.6 is 23.2 Å². The fourth-order valence-electron chi connectivity index (χ4n) is 1.37. The predicted molar refractivity (Wildman–Crippen MR) is 67.9 cm³/mol. The first-order valence-electron chi connectivity index (χ1n) is 5.33. The van der Waals surface area contributed by atoms with Gasteiger partial charge >= 0.3 is 0 Å². The summed E-state index contributed by atoms with van der Waals surface area (Å²) < 4.78 is 5.39. The Labute approximate surface area is 114 Å². The van der Waals surface area contributed by atoms with E-state index in [9.17, 15) is 0 Å². The summed E-state index contributed by atoms with van der Waals surface area (Å²) in [6.45, 7) is 0.483. The van der Waals surface area contributed by atoms with Crippen molar-refractivity contribution in [2.75, 3.05) is 6.61 Å². The maximum Gasteiger partial charge on any atom is 0.256 e. The average Bonchev–Trinajstić information content (AvgIpc) is 2.40. The number of ether oxygens (including phenoxy) is 1. The van der Waals surface area contributed by atoms with Crippen LogP contribution in [0.3, 0.4) is 0 Å². The molecule has 0 aliphatic heterocycles. The topological polar surface area (TPSA) is 60.8 Å². The average molecular weight is 285 g/mol. The van der Waals surface area contributed by atoms with Crippen LogP contribution in [0, 0.1) is 0 Å². The molecule has 2 aromatic heterocycles. The number of halogens is 2. The molecule has 0 atom stereocenters. The van der Waals surface area contributed by atoms with Crippen molar-refractivity contribution in [3.05, 3.63) is 40.5 Å². The smallest absolute Gasteiger partial charge is 0.256 e. The van der Waals surface area contributed by atoms with E-state index in [4.69, 9.17) is 27.9 Å². The van der Waals surface area contributed by atoms with Gasteiger partial charge in [-0.3, -0.25) is 4.98 Å². The third-order valence-electron chi connectivity index (χ3n) is 2.19. The van der Waals surface area contributed by atoms with Crippen LogP contribution in [0.1, 0.15) is 12.0 Å². The Hall–Kier alpha value is -1.46. The van der Waals surface area contributed by atoms with Gasteiger partial charge in [0.25, 0.3) is 5.88 Å². The van der Waals surface area contributed by atoms with Crippen molar-refractivity contribution in [1.29, 1.82) is 0 Å². The molecule has 0 aromatic carbocycles. The molecule has 0 aliphatic rings. The first-order valence-corrected chi connectivity index (χ1v) is 6.09. The number of aromatic nitrogens is 4. The first-order chi connectivity index (χ1) is 8.75. The molecule has 0 saturated heterocycles. The van der Waals surface area contributed by atoms with Crippen LogP contribution < -0.4 is 4.74 Å². The molecule has 0 saturated carbocycles. The minimum atomic E-state index is 0.0172. The first kappa shape index (κ1) is 13.0. The van der Waals surface area contributed by atoms with E-state index in [0.29, 0.717) is 6.61 Å². The van der Waals surface area contributed by atoms with Crippen molar-refractivity contribution >= 4 is 23.2 Å². The minimum Gasteiger partial charge on any atom is -0.475 e. The summed E-state index contributed by atoms with van der Waals surface area (Å²) in [5, 5.41) is 7.24. The third kappa shape index (κ3) is 3.78. The van der Waals surface area contributed by atoms with Crippen molar-refractivity contribution in [1.82, 2.24) is 20.2 Å². The molecule has 2 heterocycles. The normalized spacial score (nSPS) is 10.3. The van der Waals surface area contributed by atoms with Crippen molar-refractivity contribution in [3.8, 4) is 5.88 Å². The molecule has 94 valence electrons. The standard InChI is InChI=1S/C11H10Cl2N4O/c12-9-10(15-11(13)17-16-9)18-7-1-2-8-3-5-14-6-4-8/h3-6H,1-2,7H2. The lowest BCUT2D eigenvalue weighted by Crippen LogP contribution is -2.03. The number of pyridine rings is 1. The molecule has 5 nitrogen and oxygen atoms in total. The lowest BCUT2D eigenvalue weighted by molar-refractivity contribution is 0.297. The third-order valence-corrected chi connectivity index (χ3v) is 2.59. The Kier molecular flexibility index (Phi) is 4.66. The maximum absolute atomic E-state index is 5.76. The maximum atomic E-state index is 5.76. The van der Waals surface area contributed by atoms with E-state index in [0.717, 1.165) is 12.8 Å². The zero-order valence-corrected chi connectivity index (χ0v) is 10.9. The van der Waals surface area contributed by atoms with Gasteiger partial charge in [0.1, 0.15) is 0 Å². The van der Waals surface area contributed by atoms with E-state index in [-0.39, 0.29) is 16.3 Å². The highest BCUT2D eigenvalue weighted by Crippen LogP contribution is 2.19. The fourth-order valence-corrected chi connectivity index (χ4v) is 1.62. The molecule has 0 bridgehead atoms. The molecule has 0 N–H and O–H groups in total. The van der Waals surface area contributed by atoms with Crippen LogP contribution in [-0.2, 0) is 6.42 Å². The number of aryl methyl sites for hydroxylation is 1. The summed E-state index contributed by atoms with van der Waals surface area (Å²) in [5.41, 5.74) is 1.21. The van der Waals surface area contributed by atoms with Crippen molar-refractivity contribution in [3.63, 3.8) is 0 Å². The van der Waals surface area contributed by atoms with Crippen molar-refractivity contribution < 1.29 is 4.74 Å². The summed E-state index contributed by atoms with van der Waals surface area (Å²) in [5.74, 6) is 0.214. The van der Waals surface area contributed by atoms with Gasteiger partial charge in [0, 0.05) is 12.4 Å². The molecule has 0 unspecified atom stereocenters. The monoisotopic (exact) mass is 284 g/mol. The quantitative estimate of drug-likeness (QED) is 0.790. The summed E-state index contributed by atoms with van der Waals surface area (Å²) in [7, 11) is 0. The highest BCUT2D eigenvalue weighted by atomic mass is 35.5.